The summed E-state index contributed by atoms with van der Waals surface area (Å²) in [7, 11) is 0. The van der Waals surface area contributed by atoms with Crippen LogP contribution in [0.15, 0.2) is 54.6 Å². The van der Waals surface area contributed by atoms with Crippen molar-refractivity contribution in [3.05, 3.63) is 71.3 Å². The summed E-state index contributed by atoms with van der Waals surface area (Å²) in [6, 6.07) is 16.0. The van der Waals surface area contributed by atoms with E-state index in [0.717, 1.165) is 16.7 Å². The highest BCUT2D eigenvalue weighted by atomic mass is 16.5. The Balaban J connectivity index is 1.99. The smallest absolute Gasteiger partial charge is 0.407 e. The lowest BCUT2D eigenvalue weighted by atomic mass is 10.0. The quantitative estimate of drug-likeness (QED) is 0.856. The standard InChI is InChI=1S/C18H19NO4/c1-13-6-5-9-15(10-13)16(11-17(20)21)19-18(22)23-12-14-7-3-2-4-8-14/h2-10,16H,11-12H2,1H3,(H,19,22)(H,20,21)/t16-/m0/s1. The molecule has 0 bridgehead atoms. The van der Waals surface area contributed by atoms with Crippen LogP contribution in [-0.2, 0) is 16.1 Å². The maximum atomic E-state index is 11.9. The lowest BCUT2D eigenvalue weighted by Crippen LogP contribution is -2.30. The summed E-state index contributed by atoms with van der Waals surface area (Å²) < 4.78 is 5.15. The number of benzene rings is 2. The second-order valence-corrected chi connectivity index (χ2v) is 5.27. The molecule has 0 fully saturated rings. The molecule has 5 nitrogen and oxygen atoms in total. The number of hydrogen-bond donors (Lipinski definition) is 2. The van der Waals surface area contributed by atoms with Gasteiger partial charge < -0.3 is 15.2 Å². The third-order valence-corrected chi connectivity index (χ3v) is 3.33. The van der Waals surface area contributed by atoms with Gasteiger partial charge in [0.15, 0.2) is 0 Å². The van der Waals surface area contributed by atoms with E-state index < -0.39 is 18.1 Å². The molecule has 1 atom stereocenters. The average Bonchev–Trinajstić information content (AvgIpc) is 2.53. The predicted molar refractivity (Wildman–Crippen MR) is 85.9 cm³/mol. The number of aryl methyl sites for hydroxylation is 1. The van der Waals surface area contributed by atoms with Crippen molar-refractivity contribution in [2.24, 2.45) is 0 Å². The van der Waals surface area contributed by atoms with Crippen LogP contribution in [0.5, 0.6) is 0 Å². The molecule has 0 heterocycles. The van der Waals surface area contributed by atoms with Crippen molar-refractivity contribution in [2.45, 2.75) is 26.0 Å². The molecule has 0 aliphatic rings. The largest absolute Gasteiger partial charge is 0.481 e. The Hall–Kier alpha value is -2.82. The zero-order valence-corrected chi connectivity index (χ0v) is 12.9. The highest BCUT2D eigenvalue weighted by Crippen LogP contribution is 2.18. The Bertz CT molecular complexity index is 670. The molecule has 0 aliphatic heterocycles. The average molecular weight is 313 g/mol. The van der Waals surface area contributed by atoms with E-state index in [1.54, 1.807) is 6.07 Å². The molecule has 0 unspecified atom stereocenters. The number of ether oxygens (including phenoxy) is 1. The highest BCUT2D eigenvalue weighted by Gasteiger charge is 2.19. The molecular weight excluding hydrogens is 294 g/mol. The van der Waals surface area contributed by atoms with E-state index >= 15 is 0 Å². The first-order valence-electron chi connectivity index (χ1n) is 7.30. The summed E-state index contributed by atoms with van der Waals surface area (Å²) in [6.07, 6.45) is -0.842. The van der Waals surface area contributed by atoms with Gasteiger partial charge in [0, 0.05) is 0 Å². The summed E-state index contributed by atoms with van der Waals surface area (Å²) in [6.45, 7) is 2.05. The third kappa shape index (κ3) is 5.47. The van der Waals surface area contributed by atoms with Crippen LogP contribution in [0, 0.1) is 6.92 Å². The Kier molecular flexibility index (Phi) is 5.74. The fourth-order valence-electron chi connectivity index (χ4n) is 2.22. The van der Waals surface area contributed by atoms with Crippen LogP contribution in [-0.4, -0.2) is 17.2 Å². The zero-order chi connectivity index (χ0) is 16.7. The van der Waals surface area contributed by atoms with Gasteiger partial charge in [0.2, 0.25) is 0 Å². The second-order valence-electron chi connectivity index (χ2n) is 5.27. The van der Waals surface area contributed by atoms with Crippen LogP contribution in [0.4, 0.5) is 4.79 Å². The van der Waals surface area contributed by atoms with E-state index in [1.807, 2.05) is 55.5 Å². The van der Waals surface area contributed by atoms with Gasteiger partial charge in [0.1, 0.15) is 6.61 Å². The van der Waals surface area contributed by atoms with Gasteiger partial charge in [-0.2, -0.15) is 0 Å². The normalized spacial score (nSPS) is 11.5. The number of amides is 1. The fourth-order valence-corrected chi connectivity index (χ4v) is 2.22. The number of carboxylic acids is 1. The molecule has 23 heavy (non-hydrogen) atoms. The van der Waals surface area contributed by atoms with E-state index in [-0.39, 0.29) is 13.0 Å². The van der Waals surface area contributed by atoms with E-state index in [0.29, 0.717) is 0 Å². The van der Waals surface area contributed by atoms with Crippen molar-refractivity contribution < 1.29 is 19.4 Å². The molecule has 2 N–H and O–H groups in total. The molecule has 0 radical (unpaired) electrons. The van der Waals surface area contributed by atoms with Crippen LogP contribution in [0.3, 0.4) is 0 Å². The lowest BCUT2D eigenvalue weighted by Gasteiger charge is -2.18. The number of hydrogen-bond acceptors (Lipinski definition) is 3. The van der Waals surface area contributed by atoms with Gasteiger partial charge in [0.25, 0.3) is 0 Å². The summed E-state index contributed by atoms with van der Waals surface area (Å²) in [5.74, 6) is -0.986. The van der Waals surface area contributed by atoms with Gasteiger partial charge in [-0.3, -0.25) is 4.79 Å². The van der Waals surface area contributed by atoms with E-state index in [2.05, 4.69) is 5.32 Å². The molecular formula is C18H19NO4. The predicted octanol–water partition coefficient (Wildman–Crippen LogP) is 3.44. The fraction of sp³-hybridized carbons (Fsp3) is 0.222. The number of carbonyl (C=O) groups excluding carboxylic acids is 1. The van der Waals surface area contributed by atoms with Gasteiger partial charge in [-0.1, -0.05) is 60.2 Å². The van der Waals surface area contributed by atoms with E-state index in [1.165, 1.54) is 0 Å². The van der Waals surface area contributed by atoms with Crippen LogP contribution >= 0.6 is 0 Å². The Morgan fingerprint density at radius 3 is 2.52 bits per heavy atom. The number of alkyl carbamates (subject to hydrolysis) is 1. The molecule has 1 amide bonds. The van der Waals surface area contributed by atoms with Crippen molar-refractivity contribution in [1.82, 2.24) is 5.32 Å². The van der Waals surface area contributed by atoms with Crippen LogP contribution in [0.25, 0.3) is 0 Å². The molecule has 0 aliphatic carbocycles. The van der Waals surface area contributed by atoms with E-state index in [4.69, 9.17) is 9.84 Å². The topological polar surface area (TPSA) is 75.6 Å². The van der Waals surface area contributed by atoms with Crippen molar-refractivity contribution in [3.8, 4) is 0 Å². The van der Waals surface area contributed by atoms with Crippen molar-refractivity contribution >= 4 is 12.1 Å². The summed E-state index contributed by atoms with van der Waals surface area (Å²) >= 11 is 0. The maximum absolute atomic E-state index is 11.9. The number of carbonyl (C=O) groups is 2. The van der Waals surface area contributed by atoms with Gasteiger partial charge in [-0.25, -0.2) is 4.79 Å². The maximum Gasteiger partial charge on any atom is 0.407 e. The van der Waals surface area contributed by atoms with Crippen LogP contribution in [0.2, 0.25) is 0 Å². The van der Waals surface area contributed by atoms with Crippen molar-refractivity contribution in [2.75, 3.05) is 0 Å². The molecule has 0 aromatic heterocycles. The summed E-state index contributed by atoms with van der Waals surface area (Å²) in [5, 5.41) is 11.7. The minimum Gasteiger partial charge on any atom is -0.481 e. The Labute approximate surface area is 134 Å². The van der Waals surface area contributed by atoms with Crippen LogP contribution in [0.1, 0.15) is 29.2 Å². The lowest BCUT2D eigenvalue weighted by molar-refractivity contribution is -0.137. The first-order chi connectivity index (χ1) is 11.0. The molecule has 2 rings (SSSR count). The SMILES string of the molecule is Cc1cccc([C@H](CC(=O)O)NC(=O)OCc2ccccc2)c1. The number of nitrogens with one attached hydrogen (secondary N) is 1. The number of rotatable bonds is 6. The Morgan fingerprint density at radius 2 is 1.87 bits per heavy atom. The molecule has 0 saturated heterocycles. The minimum absolute atomic E-state index is 0.139. The van der Waals surface area contributed by atoms with Gasteiger partial charge in [-0.15, -0.1) is 0 Å². The Morgan fingerprint density at radius 1 is 1.13 bits per heavy atom. The van der Waals surface area contributed by atoms with Crippen LogP contribution < -0.4 is 5.32 Å². The number of carboxylic acid groups (broad SMARTS) is 1. The first-order valence-corrected chi connectivity index (χ1v) is 7.30. The van der Waals surface area contributed by atoms with Gasteiger partial charge >= 0.3 is 12.1 Å². The van der Waals surface area contributed by atoms with Gasteiger partial charge in [-0.05, 0) is 18.1 Å². The van der Waals surface area contributed by atoms with E-state index in [9.17, 15) is 9.59 Å². The second kappa shape index (κ2) is 7.98. The summed E-state index contributed by atoms with van der Waals surface area (Å²) in [5.41, 5.74) is 2.61. The van der Waals surface area contributed by atoms with Crippen molar-refractivity contribution in [3.63, 3.8) is 0 Å². The molecule has 0 saturated carbocycles. The molecule has 0 spiro atoms. The first kappa shape index (κ1) is 16.5. The molecule has 120 valence electrons. The summed E-state index contributed by atoms with van der Waals surface area (Å²) in [4.78, 5) is 23.0. The number of aliphatic carboxylic acids is 1. The monoisotopic (exact) mass is 313 g/mol. The van der Waals surface area contributed by atoms with Crippen molar-refractivity contribution in [1.29, 1.82) is 0 Å². The zero-order valence-electron chi connectivity index (χ0n) is 12.9. The molecule has 2 aromatic rings. The third-order valence-electron chi connectivity index (χ3n) is 3.33. The highest BCUT2D eigenvalue weighted by molar-refractivity contribution is 5.72. The van der Waals surface area contributed by atoms with Gasteiger partial charge in [0.05, 0.1) is 12.5 Å². The molecule has 5 heteroatoms. The molecule has 2 aromatic carbocycles. The minimum atomic E-state index is -0.986.